The summed E-state index contributed by atoms with van der Waals surface area (Å²) in [5, 5.41) is 18.1. The third-order valence-corrected chi connectivity index (χ3v) is 2.51. The normalized spacial score (nSPS) is 15.3. The zero-order valence-electron chi connectivity index (χ0n) is 9.41. The summed E-state index contributed by atoms with van der Waals surface area (Å²) in [4.78, 5) is 0. The van der Waals surface area contributed by atoms with Gasteiger partial charge in [-0.1, -0.05) is 17.7 Å². The number of benzene rings is 1. The third kappa shape index (κ3) is 4.04. The number of ether oxygens (including phenoxy) is 1. The molecule has 102 valence electrons. The van der Waals surface area contributed by atoms with Crippen LogP contribution >= 0.6 is 11.6 Å². The topological polar surface area (TPSA) is 49.7 Å². The highest BCUT2D eigenvalue weighted by molar-refractivity contribution is 6.32. The fraction of sp³-hybridized carbons (Fsp3) is 0.455. The Morgan fingerprint density at radius 1 is 1.33 bits per heavy atom. The monoisotopic (exact) mass is 284 g/mol. The molecule has 0 aliphatic rings. The number of alkyl halides is 3. The van der Waals surface area contributed by atoms with Gasteiger partial charge in [0.1, 0.15) is 12.4 Å². The van der Waals surface area contributed by atoms with Gasteiger partial charge in [-0.05, 0) is 24.6 Å². The van der Waals surface area contributed by atoms with Crippen molar-refractivity contribution in [1.82, 2.24) is 0 Å². The van der Waals surface area contributed by atoms with Crippen molar-refractivity contribution in [2.45, 2.75) is 25.3 Å². The van der Waals surface area contributed by atoms with Crippen LogP contribution in [0.25, 0.3) is 0 Å². The molecular weight excluding hydrogens is 273 g/mol. The summed E-state index contributed by atoms with van der Waals surface area (Å²) in [6.45, 7) is 0.594. The second kappa shape index (κ2) is 5.77. The van der Waals surface area contributed by atoms with Gasteiger partial charge in [-0.2, -0.15) is 13.2 Å². The van der Waals surface area contributed by atoms with E-state index in [-0.39, 0.29) is 10.8 Å². The summed E-state index contributed by atoms with van der Waals surface area (Å²) in [7, 11) is 0. The largest absolute Gasteiger partial charge is 0.489 e. The molecule has 0 radical (unpaired) electrons. The summed E-state index contributed by atoms with van der Waals surface area (Å²) < 4.78 is 40.9. The number of rotatable bonds is 4. The maximum Gasteiger partial charge on any atom is 0.417 e. The summed E-state index contributed by atoms with van der Waals surface area (Å²) in [6.07, 6.45) is -8.03. The van der Waals surface area contributed by atoms with E-state index in [0.29, 0.717) is 5.56 Å². The lowest BCUT2D eigenvalue weighted by atomic mass is 10.1. The molecule has 1 aromatic rings. The summed E-state index contributed by atoms with van der Waals surface area (Å²) >= 11 is 5.77. The molecule has 0 heterocycles. The highest BCUT2D eigenvalue weighted by Crippen LogP contribution is 2.29. The van der Waals surface area contributed by atoms with Crippen LogP contribution in [0.3, 0.4) is 0 Å². The van der Waals surface area contributed by atoms with Crippen molar-refractivity contribution in [3.63, 3.8) is 0 Å². The zero-order valence-corrected chi connectivity index (χ0v) is 10.2. The number of aliphatic hydroxyl groups excluding tert-OH is 2. The van der Waals surface area contributed by atoms with Crippen molar-refractivity contribution in [3.8, 4) is 5.75 Å². The van der Waals surface area contributed by atoms with Crippen LogP contribution in [0.2, 0.25) is 5.02 Å². The van der Waals surface area contributed by atoms with E-state index in [1.807, 2.05) is 0 Å². The van der Waals surface area contributed by atoms with Crippen LogP contribution in [-0.4, -0.2) is 29.1 Å². The second-order valence-electron chi connectivity index (χ2n) is 3.73. The SMILES string of the molecule is CC(O)c1ccc(OCC(O)C(F)(F)F)c(Cl)c1. The number of hydrogen-bond acceptors (Lipinski definition) is 3. The van der Waals surface area contributed by atoms with E-state index in [0.717, 1.165) is 0 Å². The second-order valence-corrected chi connectivity index (χ2v) is 4.14. The number of aliphatic hydroxyl groups is 2. The predicted octanol–water partition coefficient (Wildman–Crippen LogP) is 2.70. The first-order valence-electron chi connectivity index (χ1n) is 5.07. The van der Waals surface area contributed by atoms with Crippen molar-refractivity contribution in [1.29, 1.82) is 0 Å². The van der Waals surface area contributed by atoms with Crippen molar-refractivity contribution in [2.24, 2.45) is 0 Å². The van der Waals surface area contributed by atoms with Crippen LogP contribution < -0.4 is 4.74 Å². The maximum atomic E-state index is 12.0. The minimum atomic E-state index is -4.73. The molecule has 2 unspecified atom stereocenters. The van der Waals surface area contributed by atoms with Gasteiger partial charge in [0.2, 0.25) is 0 Å². The maximum absolute atomic E-state index is 12.0. The van der Waals surface area contributed by atoms with Crippen molar-refractivity contribution >= 4 is 11.6 Å². The molecule has 0 aliphatic carbocycles. The number of hydrogen-bond donors (Lipinski definition) is 2. The highest BCUT2D eigenvalue weighted by atomic mass is 35.5. The van der Waals surface area contributed by atoms with Gasteiger partial charge in [0, 0.05) is 0 Å². The van der Waals surface area contributed by atoms with E-state index in [1.54, 1.807) is 0 Å². The van der Waals surface area contributed by atoms with Gasteiger partial charge < -0.3 is 14.9 Å². The molecule has 0 spiro atoms. The Hall–Kier alpha value is -0.980. The first-order valence-corrected chi connectivity index (χ1v) is 5.44. The Bertz CT molecular complexity index is 407. The molecule has 2 atom stereocenters. The summed E-state index contributed by atoms with van der Waals surface area (Å²) in [6, 6.07) is 4.21. The summed E-state index contributed by atoms with van der Waals surface area (Å²) in [5.41, 5.74) is 0.517. The van der Waals surface area contributed by atoms with Gasteiger partial charge >= 0.3 is 6.18 Å². The Balaban J connectivity index is 2.69. The standard InChI is InChI=1S/C11H12ClF3O3/c1-6(16)7-2-3-9(8(12)4-7)18-5-10(17)11(13,14)15/h2-4,6,10,16-17H,5H2,1H3. The van der Waals surface area contributed by atoms with E-state index in [4.69, 9.17) is 21.4 Å². The van der Waals surface area contributed by atoms with Crippen LogP contribution in [0.5, 0.6) is 5.75 Å². The quantitative estimate of drug-likeness (QED) is 0.894. The predicted molar refractivity (Wildman–Crippen MR) is 59.6 cm³/mol. The van der Waals surface area contributed by atoms with Gasteiger partial charge in [-0.3, -0.25) is 0 Å². The molecule has 0 fully saturated rings. The van der Waals surface area contributed by atoms with E-state index in [1.165, 1.54) is 25.1 Å². The summed E-state index contributed by atoms with van der Waals surface area (Å²) in [5.74, 6) is 0.0179. The molecule has 0 saturated carbocycles. The molecule has 0 saturated heterocycles. The molecule has 1 aromatic carbocycles. The average molecular weight is 285 g/mol. The average Bonchev–Trinajstić information content (AvgIpc) is 2.25. The first-order chi connectivity index (χ1) is 8.21. The lowest BCUT2D eigenvalue weighted by Crippen LogP contribution is -2.34. The lowest BCUT2D eigenvalue weighted by molar-refractivity contribution is -0.210. The Labute approximate surface area is 107 Å². The minimum Gasteiger partial charge on any atom is -0.489 e. The molecule has 0 aliphatic heterocycles. The molecular formula is C11H12ClF3O3. The number of halogens is 4. The fourth-order valence-corrected chi connectivity index (χ4v) is 1.40. The van der Waals surface area contributed by atoms with Crippen LogP contribution in [0.1, 0.15) is 18.6 Å². The van der Waals surface area contributed by atoms with E-state index >= 15 is 0 Å². The van der Waals surface area contributed by atoms with Crippen LogP contribution in [-0.2, 0) is 0 Å². The van der Waals surface area contributed by atoms with Crippen LogP contribution in [0, 0.1) is 0 Å². The Kier molecular flexibility index (Phi) is 4.84. The molecule has 0 aromatic heterocycles. The van der Waals surface area contributed by atoms with Gasteiger partial charge in [-0.25, -0.2) is 0 Å². The Morgan fingerprint density at radius 3 is 2.39 bits per heavy atom. The fourth-order valence-electron chi connectivity index (χ4n) is 1.16. The Morgan fingerprint density at radius 2 is 1.94 bits per heavy atom. The van der Waals surface area contributed by atoms with Crippen molar-refractivity contribution in [2.75, 3.05) is 6.61 Å². The van der Waals surface area contributed by atoms with Crippen LogP contribution in [0.4, 0.5) is 13.2 Å². The smallest absolute Gasteiger partial charge is 0.417 e. The molecule has 0 amide bonds. The van der Waals surface area contributed by atoms with Crippen molar-refractivity contribution < 1.29 is 28.1 Å². The zero-order chi connectivity index (χ0) is 13.9. The van der Waals surface area contributed by atoms with Crippen molar-refractivity contribution in [3.05, 3.63) is 28.8 Å². The van der Waals surface area contributed by atoms with Gasteiger partial charge in [-0.15, -0.1) is 0 Å². The molecule has 18 heavy (non-hydrogen) atoms. The van der Waals surface area contributed by atoms with E-state index in [2.05, 4.69) is 0 Å². The van der Waals surface area contributed by atoms with Gasteiger partial charge in [0.15, 0.2) is 6.10 Å². The third-order valence-electron chi connectivity index (χ3n) is 2.21. The molecule has 7 heteroatoms. The van der Waals surface area contributed by atoms with E-state index < -0.39 is 25.0 Å². The first kappa shape index (κ1) is 15.1. The van der Waals surface area contributed by atoms with Gasteiger partial charge in [0.05, 0.1) is 11.1 Å². The molecule has 2 N–H and O–H groups in total. The minimum absolute atomic E-state index is 0.0179. The molecule has 0 bridgehead atoms. The van der Waals surface area contributed by atoms with E-state index in [9.17, 15) is 18.3 Å². The highest BCUT2D eigenvalue weighted by Gasteiger charge is 2.38. The molecule has 1 rings (SSSR count). The van der Waals surface area contributed by atoms with Crippen LogP contribution in [0.15, 0.2) is 18.2 Å². The lowest BCUT2D eigenvalue weighted by Gasteiger charge is -2.16. The molecule has 3 nitrogen and oxygen atoms in total. The van der Waals surface area contributed by atoms with Gasteiger partial charge in [0.25, 0.3) is 0 Å².